The summed E-state index contributed by atoms with van der Waals surface area (Å²) in [6, 6.07) is 0. The van der Waals surface area contributed by atoms with Gasteiger partial charge < -0.3 is 14.2 Å². The van der Waals surface area contributed by atoms with Gasteiger partial charge in [-0.3, -0.25) is 14.4 Å². The summed E-state index contributed by atoms with van der Waals surface area (Å²) in [5.74, 6) is -0.881. The third kappa shape index (κ3) is 68.0. The van der Waals surface area contributed by atoms with Crippen LogP contribution < -0.4 is 0 Å². The van der Waals surface area contributed by atoms with Crippen LogP contribution in [0.15, 0.2) is 48.6 Å². The zero-order valence-electron chi connectivity index (χ0n) is 54.6. The Morgan fingerprint density at radius 3 is 0.778 bits per heavy atom. The lowest BCUT2D eigenvalue weighted by Crippen LogP contribution is -2.30. The van der Waals surface area contributed by atoms with Crippen molar-refractivity contribution in [1.82, 2.24) is 0 Å². The summed E-state index contributed by atoms with van der Waals surface area (Å²) in [6.07, 6.45) is 88.8. The van der Waals surface area contributed by atoms with Crippen LogP contribution in [0.25, 0.3) is 0 Å². The second kappa shape index (κ2) is 69.9. The molecule has 1 unspecified atom stereocenters. The van der Waals surface area contributed by atoms with Crippen molar-refractivity contribution in [2.24, 2.45) is 0 Å². The van der Waals surface area contributed by atoms with Gasteiger partial charge in [-0.25, -0.2) is 0 Å². The molecular formula is C75H138O6. The van der Waals surface area contributed by atoms with Crippen molar-refractivity contribution < 1.29 is 28.6 Å². The number of carbonyl (C=O) groups is 3. The van der Waals surface area contributed by atoms with E-state index in [1.165, 1.54) is 270 Å². The molecule has 1 atom stereocenters. The van der Waals surface area contributed by atoms with Gasteiger partial charge >= 0.3 is 17.9 Å². The Morgan fingerprint density at radius 1 is 0.259 bits per heavy atom. The van der Waals surface area contributed by atoms with Crippen molar-refractivity contribution >= 4 is 17.9 Å². The van der Waals surface area contributed by atoms with Gasteiger partial charge in [0.25, 0.3) is 0 Å². The van der Waals surface area contributed by atoms with E-state index in [4.69, 9.17) is 14.2 Å². The largest absolute Gasteiger partial charge is 0.462 e. The molecule has 81 heavy (non-hydrogen) atoms. The maximum absolute atomic E-state index is 12.9. The minimum Gasteiger partial charge on any atom is -0.462 e. The van der Waals surface area contributed by atoms with Crippen molar-refractivity contribution in [3.05, 3.63) is 48.6 Å². The summed E-state index contributed by atoms with van der Waals surface area (Å²) in [7, 11) is 0. The molecule has 0 spiro atoms. The second-order valence-corrected chi connectivity index (χ2v) is 24.5. The molecule has 0 radical (unpaired) electrons. The lowest BCUT2D eigenvalue weighted by molar-refractivity contribution is -0.167. The van der Waals surface area contributed by atoms with E-state index in [0.29, 0.717) is 19.3 Å². The average Bonchev–Trinajstić information content (AvgIpc) is 3.46. The molecule has 0 N–H and O–H groups in total. The highest BCUT2D eigenvalue weighted by Crippen LogP contribution is 2.19. The van der Waals surface area contributed by atoms with Gasteiger partial charge in [-0.15, -0.1) is 0 Å². The minimum absolute atomic E-state index is 0.0775. The van der Waals surface area contributed by atoms with E-state index in [2.05, 4.69) is 69.4 Å². The molecule has 0 saturated carbocycles. The molecule has 0 aliphatic heterocycles. The summed E-state index contributed by atoms with van der Waals surface area (Å²) < 4.78 is 17.0. The Balaban J connectivity index is 4.19. The number of carbonyl (C=O) groups excluding carboxylic acids is 3. The van der Waals surface area contributed by atoms with E-state index < -0.39 is 6.10 Å². The maximum atomic E-state index is 12.9. The van der Waals surface area contributed by atoms with Gasteiger partial charge in [-0.05, 0) is 77.0 Å². The van der Waals surface area contributed by atoms with E-state index in [-0.39, 0.29) is 31.1 Å². The van der Waals surface area contributed by atoms with Crippen molar-refractivity contribution in [1.29, 1.82) is 0 Å². The Hall–Kier alpha value is -2.63. The van der Waals surface area contributed by atoms with E-state index in [0.717, 1.165) is 83.5 Å². The van der Waals surface area contributed by atoms with Crippen LogP contribution in [0.1, 0.15) is 393 Å². The van der Waals surface area contributed by atoms with Crippen LogP contribution in [-0.2, 0) is 28.6 Å². The van der Waals surface area contributed by atoms with Gasteiger partial charge in [-0.2, -0.15) is 0 Å². The third-order valence-corrected chi connectivity index (χ3v) is 16.3. The Bertz CT molecular complexity index is 1400. The highest BCUT2D eigenvalue weighted by molar-refractivity contribution is 5.71. The summed E-state index contributed by atoms with van der Waals surface area (Å²) in [6.45, 7) is 6.57. The number of esters is 3. The van der Waals surface area contributed by atoms with Crippen LogP contribution in [0.4, 0.5) is 0 Å². The first-order valence-corrected chi connectivity index (χ1v) is 36.1. The molecule has 0 aromatic rings. The highest BCUT2D eigenvalue weighted by atomic mass is 16.6. The molecule has 0 aliphatic rings. The van der Waals surface area contributed by atoms with Crippen LogP contribution in [-0.4, -0.2) is 37.2 Å². The number of ether oxygens (including phenoxy) is 3. The van der Waals surface area contributed by atoms with E-state index in [1.54, 1.807) is 0 Å². The third-order valence-electron chi connectivity index (χ3n) is 16.3. The number of allylic oxidation sites excluding steroid dienone is 8. The molecule has 0 aromatic carbocycles. The lowest BCUT2D eigenvalue weighted by Gasteiger charge is -2.18. The first-order valence-electron chi connectivity index (χ1n) is 36.1. The van der Waals surface area contributed by atoms with Gasteiger partial charge in [0.2, 0.25) is 0 Å². The lowest BCUT2D eigenvalue weighted by atomic mass is 10.0. The predicted octanol–water partition coefficient (Wildman–Crippen LogP) is 24.9. The van der Waals surface area contributed by atoms with Crippen molar-refractivity contribution in [2.75, 3.05) is 13.2 Å². The molecule has 6 heteroatoms. The van der Waals surface area contributed by atoms with Crippen molar-refractivity contribution in [3.63, 3.8) is 0 Å². The first-order chi connectivity index (χ1) is 40.0. The fraction of sp³-hybridized carbons (Fsp3) is 0.853. The maximum Gasteiger partial charge on any atom is 0.306 e. The second-order valence-electron chi connectivity index (χ2n) is 24.5. The minimum atomic E-state index is -0.783. The van der Waals surface area contributed by atoms with E-state index in [9.17, 15) is 14.4 Å². The monoisotopic (exact) mass is 1140 g/mol. The molecule has 0 aromatic heterocycles. The number of unbranched alkanes of at least 4 members (excludes halogenated alkanes) is 48. The number of hydrogen-bond acceptors (Lipinski definition) is 6. The van der Waals surface area contributed by atoms with Gasteiger partial charge in [0, 0.05) is 19.3 Å². The van der Waals surface area contributed by atoms with Gasteiger partial charge in [-0.1, -0.05) is 345 Å². The topological polar surface area (TPSA) is 78.9 Å². The van der Waals surface area contributed by atoms with Crippen LogP contribution in [0.5, 0.6) is 0 Å². The molecule has 0 bridgehead atoms. The Morgan fingerprint density at radius 2 is 0.481 bits per heavy atom. The summed E-state index contributed by atoms with van der Waals surface area (Å²) in [5.41, 5.74) is 0. The predicted molar refractivity (Wildman–Crippen MR) is 353 cm³/mol. The van der Waals surface area contributed by atoms with Crippen LogP contribution in [0.3, 0.4) is 0 Å². The Kier molecular flexibility index (Phi) is 67.6. The fourth-order valence-electron chi connectivity index (χ4n) is 10.9. The van der Waals surface area contributed by atoms with Crippen LogP contribution in [0, 0.1) is 0 Å². The Labute approximate surface area is 505 Å². The average molecular weight is 1140 g/mol. The molecule has 0 amide bonds. The molecule has 0 saturated heterocycles. The van der Waals surface area contributed by atoms with E-state index >= 15 is 0 Å². The first kappa shape index (κ1) is 78.4. The zero-order valence-corrected chi connectivity index (χ0v) is 54.6. The molecule has 474 valence electrons. The normalized spacial score (nSPS) is 12.3. The highest BCUT2D eigenvalue weighted by Gasteiger charge is 2.19. The molecule has 0 rings (SSSR count). The van der Waals surface area contributed by atoms with Gasteiger partial charge in [0.1, 0.15) is 13.2 Å². The molecule has 0 heterocycles. The van der Waals surface area contributed by atoms with E-state index in [1.807, 2.05) is 0 Å². The molecular weight excluding hydrogens is 997 g/mol. The molecule has 6 nitrogen and oxygen atoms in total. The summed E-state index contributed by atoms with van der Waals surface area (Å²) in [5, 5.41) is 0. The summed E-state index contributed by atoms with van der Waals surface area (Å²) in [4.78, 5) is 38.4. The van der Waals surface area contributed by atoms with Gasteiger partial charge in [0.05, 0.1) is 0 Å². The smallest absolute Gasteiger partial charge is 0.306 e. The van der Waals surface area contributed by atoms with Crippen LogP contribution >= 0.6 is 0 Å². The van der Waals surface area contributed by atoms with Gasteiger partial charge in [0.15, 0.2) is 6.10 Å². The fourth-order valence-corrected chi connectivity index (χ4v) is 10.9. The molecule has 0 aliphatic carbocycles. The van der Waals surface area contributed by atoms with Crippen molar-refractivity contribution in [2.45, 2.75) is 399 Å². The van der Waals surface area contributed by atoms with Crippen LogP contribution in [0.2, 0.25) is 0 Å². The summed E-state index contributed by atoms with van der Waals surface area (Å²) >= 11 is 0. The quantitative estimate of drug-likeness (QED) is 0.0261. The molecule has 0 fully saturated rings. The number of rotatable bonds is 67. The SMILES string of the molecule is CC/C=C\C/C=C\C/C=C\CCCCCC(=O)OCC(COC(=O)CCCCCCCCCCCCCCCCCCC/C=C\CCCCCCCCCC)OC(=O)CCCCCCCCCCCCCCCCCCCCCCC. The van der Waals surface area contributed by atoms with Crippen molar-refractivity contribution in [3.8, 4) is 0 Å². The number of hydrogen-bond donors (Lipinski definition) is 0. The standard InChI is InChI=1S/C75H138O6/c1-4-7-10-13-16-19-22-25-27-29-31-33-34-35-36-37-38-39-40-42-43-45-47-50-53-56-59-62-65-68-74(77)80-71-72(70-79-73(76)67-64-61-58-55-52-49-24-21-18-15-12-9-6-3)81-75(78)69-66-63-60-57-54-51-48-46-44-41-32-30-28-26-23-20-17-14-11-8-5-2/h9,12,18,21,29,31,49,52,72H,4-8,10-11,13-17,19-20,22-28,30,32-48,50-51,53-71H2,1-3H3/b12-9-,21-18-,31-29-,52-49-. The zero-order chi connectivity index (χ0) is 58.5.